The summed E-state index contributed by atoms with van der Waals surface area (Å²) in [4.78, 5) is 12.1. The van der Waals surface area contributed by atoms with Crippen molar-refractivity contribution in [2.75, 3.05) is 12.3 Å². The van der Waals surface area contributed by atoms with E-state index in [1.54, 1.807) is 0 Å². The molecule has 2 aliphatic rings. The van der Waals surface area contributed by atoms with E-state index >= 15 is 0 Å². The van der Waals surface area contributed by atoms with Gasteiger partial charge in [0.1, 0.15) is 6.10 Å². The third kappa shape index (κ3) is 3.39. The highest BCUT2D eigenvalue weighted by Crippen LogP contribution is 2.30. The summed E-state index contributed by atoms with van der Waals surface area (Å²) in [5.41, 5.74) is 5.56. The van der Waals surface area contributed by atoms with Crippen LogP contribution >= 0.6 is 11.8 Å². The maximum atomic E-state index is 12.1. The fourth-order valence-corrected chi connectivity index (χ4v) is 4.05. The molecule has 4 atom stereocenters. The molecule has 0 bridgehead atoms. The van der Waals surface area contributed by atoms with Gasteiger partial charge in [-0.2, -0.15) is 11.8 Å². The molecule has 1 amide bonds. The highest BCUT2D eigenvalue weighted by atomic mass is 32.2. The molecule has 2 rings (SSSR count). The molecule has 104 valence electrons. The molecule has 4 nitrogen and oxygen atoms in total. The number of nitrogens with two attached hydrogens (primary N) is 1. The van der Waals surface area contributed by atoms with Crippen LogP contribution in [0.2, 0.25) is 0 Å². The molecular formula is C13H24N2O2S. The van der Waals surface area contributed by atoms with Gasteiger partial charge < -0.3 is 15.8 Å². The lowest BCUT2D eigenvalue weighted by Crippen LogP contribution is -2.44. The summed E-state index contributed by atoms with van der Waals surface area (Å²) < 4.78 is 5.63. The zero-order chi connectivity index (χ0) is 13.0. The molecule has 1 aliphatic heterocycles. The van der Waals surface area contributed by atoms with Crippen LogP contribution in [0.5, 0.6) is 0 Å². The average Bonchev–Trinajstić information content (AvgIpc) is 2.99. The number of nitrogens with one attached hydrogen (secondary N) is 1. The maximum Gasteiger partial charge on any atom is 0.249 e. The van der Waals surface area contributed by atoms with Crippen LogP contribution in [0, 0.1) is 0 Å². The van der Waals surface area contributed by atoms with E-state index in [9.17, 15) is 4.79 Å². The highest BCUT2D eigenvalue weighted by Gasteiger charge is 2.34. The summed E-state index contributed by atoms with van der Waals surface area (Å²) >= 11 is 1.96. The lowest BCUT2D eigenvalue weighted by atomic mass is 10.1. The molecule has 5 heteroatoms. The molecule has 2 unspecified atom stereocenters. The van der Waals surface area contributed by atoms with E-state index in [1.165, 1.54) is 12.8 Å². The van der Waals surface area contributed by atoms with Crippen molar-refractivity contribution in [1.82, 2.24) is 5.32 Å². The Kier molecular flexibility index (Phi) is 5.33. The Morgan fingerprint density at radius 2 is 2.22 bits per heavy atom. The first-order chi connectivity index (χ1) is 8.74. The minimum Gasteiger partial charge on any atom is -0.364 e. The summed E-state index contributed by atoms with van der Waals surface area (Å²) in [5, 5.41) is 3.76. The van der Waals surface area contributed by atoms with Crippen LogP contribution in [0.25, 0.3) is 0 Å². The number of thioether (sulfide) groups is 1. The van der Waals surface area contributed by atoms with Crippen molar-refractivity contribution >= 4 is 17.7 Å². The minimum atomic E-state index is -0.272. The van der Waals surface area contributed by atoms with Crippen LogP contribution < -0.4 is 11.1 Å². The summed E-state index contributed by atoms with van der Waals surface area (Å²) in [6.45, 7) is 2.69. The Bertz CT molecular complexity index is 288. The molecule has 2 fully saturated rings. The van der Waals surface area contributed by atoms with E-state index in [1.807, 2.05) is 11.8 Å². The van der Waals surface area contributed by atoms with Crippen LogP contribution in [0.3, 0.4) is 0 Å². The highest BCUT2D eigenvalue weighted by molar-refractivity contribution is 7.99. The quantitative estimate of drug-likeness (QED) is 0.791. The zero-order valence-corrected chi connectivity index (χ0v) is 11.9. The number of carbonyl (C=O) groups is 1. The largest absolute Gasteiger partial charge is 0.364 e. The van der Waals surface area contributed by atoms with Crippen LogP contribution in [-0.4, -0.2) is 41.7 Å². The van der Waals surface area contributed by atoms with Gasteiger partial charge in [-0.15, -0.1) is 0 Å². The molecule has 0 aromatic rings. The first-order valence-electron chi connectivity index (χ1n) is 7.02. The smallest absolute Gasteiger partial charge is 0.249 e. The number of ether oxygens (including phenoxy) is 1. The maximum absolute atomic E-state index is 12.1. The lowest BCUT2D eigenvalue weighted by Gasteiger charge is -2.22. The standard InChI is InChI=1S/C13H24N2O2S/c1-2-18-12-5-3-4-10(12)15-13(16)11-7-6-9(8-14)17-11/h9-12H,2-8,14H2,1H3,(H,15,16)/t9-,10?,11+,12?/m1/s1. The summed E-state index contributed by atoms with van der Waals surface area (Å²) in [7, 11) is 0. The Labute approximate surface area is 113 Å². The molecule has 18 heavy (non-hydrogen) atoms. The van der Waals surface area contributed by atoms with Gasteiger partial charge in [0, 0.05) is 17.8 Å². The van der Waals surface area contributed by atoms with E-state index in [0.717, 1.165) is 25.0 Å². The molecule has 0 aromatic carbocycles. The Morgan fingerprint density at radius 1 is 1.39 bits per heavy atom. The second-order valence-corrected chi connectivity index (χ2v) is 6.62. The first kappa shape index (κ1) is 14.2. The van der Waals surface area contributed by atoms with Gasteiger partial charge in [0.2, 0.25) is 5.91 Å². The van der Waals surface area contributed by atoms with Gasteiger partial charge >= 0.3 is 0 Å². The van der Waals surface area contributed by atoms with Gasteiger partial charge in [-0.05, 0) is 31.4 Å². The fraction of sp³-hybridized carbons (Fsp3) is 0.923. The normalized spacial score (nSPS) is 35.9. The van der Waals surface area contributed by atoms with E-state index in [-0.39, 0.29) is 18.1 Å². The average molecular weight is 272 g/mol. The first-order valence-corrected chi connectivity index (χ1v) is 8.07. The van der Waals surface area contributed by atoms with Crippen molar-refractivity contribution in [2.24, 2.45) is 5.73 Å². The topological polar surface area (TPSA) is 64.4 Å². The van der Waals surface area contributed by atoms with Gasteiger partial charge in [0.15, 0.2) is 0 Å². The van der Waals surface area contributed by atoms with Crippen LogP contribution in [0.1, 0.15) is 39.0 Å². The molecule has 1 saturated carbocycles. The summed E-state index contributed by atoms with van der Waals surface area (Å²) in [6.07, 6.45) is 5.08. The monoisotopic (exact) mass is 272 g/mol. The van der Waals surface area contributed by atoms with E-state index in [4.69, 9.17) is 10.5 Å². The Morgan fingerprint density at radius 3 is 2.89 bits per heavy atom. The van der Waals surface area contributed by atoms with Crippen molar-refractivity contribution in [2.45, 2.75) is 62.5 Å². The second kappa shape index (κ2) is 6.78. The Balaban J connectivity index is 1.80. The summed E-state index contributed by atoms with van der Waals surface area (Å²) in [6, 6.07) is 0.336. The van der Waals surface area contributed by atoms with Gasteiger partial charge in [-0.3, -0.25) is 4.79 Å². The second-order valence-electron chi connectivity index (χ2n) is 5.10. The number of rotatable bonds is 5. The number of amides is 1. The molecule has 1 saturated heterocycles. The summed E-state index contributed by atoms with van der Waals surface area (Å²) in [5.74, 6) is 1.19. The third-order valence-corrected chi connectivity index (χ3v) is 5.15. The lowest BCUT2D eigenvalue weighted by molar-refractivity contribution is -0.132. The predicted octanol–water partition coefficient (Wildman–Crippen LogP) is 1.28. The van der Waals surface area contributed by atoms with Crippen molar-refractivity contribution in [1.29, 1.82) is 0 Å². The van der Waals surface area contributed by atoms with E-state index < -0.39 is 0 Å². The molecule has 3 N–H and O–H groups in total. The van der Waals surface area contributed by atoms with Gasteiger partial charge in [-0.1, -0.05) is 13.3 Å². The molecule has 0 radical (unpaired) electrons. The molecule has 0 spiro atoms. The van der Waals surface area contributed by atoms with Crippen LogP contribution in [-0.2, 0) is 9.53 Å². The van der Waals surface area contributed by atoms with Crippen LogP contribution in [0.15, 0.2) is 0 Å². The van der Waals surface area contributed by atoms with Gasteiger partial charge in [0.25, 0.3) is 0 Å². The predicted molar refractivity (Wildman–Crippen MR) is 74.7 cm³/mol. The Hall–Kier alpha value is -0.260. The van der Waals surface area contributed by atoms with Crippen molar-refractivity contribution < 1.29 is 9.53 Å². The van der Waals surface area contributed by atoms with E-state index in [2.05, 4.69) is 12.2 Å². The molecular weight excluding hydrogens is 248 g/mol. The van der Waals surface area contributed by atoms with Crippen LogP contribution in [0.4, 0.5) is 0 Å². The minimum absolute atomic E-state index is 0.0690. The molecule has 1 heterocycles. The van der Waals surface area contributed by atoms with Crippen molar-refractivity contribution in [3.05, 3.63) is 0 Å². The van der Waals surface area contributed by atoms with E-state index in [0.29, 0.717) is 17.8 Å². The SMILES string of the molecule is CCSC1CCCC1NC(=O)[C@@H]1CC[C@H](CN)O1. The molecule has 0 aromatic heterocycles. The zero-order valence-electron chi connectivity index (χ0n) is 11.1. The van der Waals surface area contributed by atoms with Gasteiger partial charge in [0.05, 0.1) is 6.10 Å². The van der Waals surface area contributed by atoms with Crippen molar-refractivity contribution in [3.63, 3.8) is 0 Å². The van der Waals surface area contributed by atoms with Gasteiger partial charge in [-0.25, -0.2) is 0 Å². The number of hydrogen-bond acceptors (Lipinski definition) is 4. The third-order valence-electron chi connectivity index (χ3n) is 3.82. The number of carbonyl (C=O) groups excluding carboxylic acids is 1. The molecule has 1 aliphatic carbocycles. The number of hydrogen-bond donors (Lipinski definition) is 2. The van der Waals surface area contributed by atoms with Crippen molar-refractivity contribution in [3.8, 4) is 0 Å². The fourth-order valence-electron chi connectivity index (χ4n) is 2.85.